The van der Waals surface area contributed by atoms with Crippen molar-refractivity contribution in [3.8, 4) is 0 Å². The minimum absolute atomic E-state index is 0. The van der Waals surface area contributed by atoms with Crippen LogP contribution in [-0.2, 0) is 4.79 Å². The van der Waals surface area contributed by atoms with Gasteiger partial charge in [-0.1, -0.05) is 17.7 Å². The predicted molar refractivity (Wildman–Crippen MR) is 122 cm³/mol. The zero-order chi connectivity index (χ0) is 17.9. The second-order valence-electron chi connectivity index (χ2n) is 7.30. The highest BCUT2D eigenvalue weighted by atomic mass is 35.5. The summed E-state index contributed by atoms with van der Waals surface area (Å²) in [7, 11) is 0. The molecule has 3 rings (SSSR count). The van der Waals surface area contributed by atoms with E-state index >= 15 is 0 Å². The first-order chi connectivity index (χ1) is 12.0. The lowest BCUT2D eigenvalue weighted by molar-refractivity contribution is -0.129. The SMILES string of the molecule is CC1(C)SCC(=O)N1CCCCN1CCN(c2cccc(Cl)c2)CC1.Cl.Cl. The van der Waals surface area contributed by atoms with E-state index in [4.69, 9.17) is 11.6 Å². The Morgan fingerprint density at radius 3 is 2.33 bits per heavy atom. The van der Waals surface area contributed by atoms with E-state index in [0.717, 1.165) is 57.1 Å². The summed E-state index contributed by atoms with van der Waals surface area (Å²) in [5, 5.41) is 0.803. The van der Waals surface area contributed by atoms with Crippen LogP contribution >= 0.6 is 48.2 Å². The zero-order valence-electron chi connectivity index (χ0n) is 16.0. The van der Waals surface area contributed by atoms with Crippen LogP contribution in [-0.4, -0.2) is 65.6 Å². The number of carbonyl (C=O) groups excluding carboxylic acids is 1. The summed E-state index contributed by atoms with van der Waals surface area (Å²) in [4.78, 5) is 18.9. The van der Waals surface area contributed by atoms with Gasteiger partial charge in [0, 0.05) is 43.4 Å². The molecule has 0 atom stereocenters. The van der Waals surface area contributed by atoms with Crippen molar-refractivity contribution in [2.45, 2.75) is 31.6 Å². The van der Waals surface area contributed by atoms with Crippen LogP contribution in [0.1, 0.15) is 26.7 Å². The van der Waals surface area contributed by atoms with E-state index in [1.807, 2.05) is 18.2 Å². The van der Waals surface area contributed by atoms with Gasteiger partial charge >= 0.3 is 0 Å². The first-order valence-corrected chi connectivity index (χ1v) is 10.5. The van der Waals surface area contributed by atoms with Crippen molar-refractivity contribution >= 4 is 59.8 Å². The molecule has 0 N–H and O–H groups in total. The largest absolute Gasteiger partial charge is 0.369 e. The molecule has 1 aromatic rings. The molecule has 8 heteroatoms. The van der Waals surface area contributed by atoms with Gasteiger partial charge < -0.3 is 9.80 Å². The van der Waals surface area contributed by atoms with E-state index in [1.165, 1.54) is 5.69 Å². The Kier molecular flexibility index (Phi) is 10.1. The van der Waals surface area contributed by atoms with Gasteiger partial charge in [-0.15, -0.1) is 36.6 Å². The number of hydrogen-bond acceptors (Lipinski definition) is 4. The van der Waals surface area contributed by atoms with Gasteiger partial charge in [0.1, 0.15) is 0 Å². The highest BCUT2D eigenvalue weighted by molar-refractivity contribution is 8.01. The van der Waals surface area contributed by atoms with Crippen LogP contribution in [0, 0.1) is 0 Å². The summed E-state index contributed by atoms with van der Waals surface area (Å²) in [5.74, 6) is 0.934. The Morgan fingerprint density at radius 1 is 1.07 bits per heavy atom. The van der Waals surface area contributed by atoms with Crippen molar-refractivity contribution in [1.29, 1.82) is 0 Å². The van der Waals surface area contributed by atoms with Gasteiger partial charge in [-0.25, -0.2) is 0 Å². The molecule has 2 saturated heterocycles. The number of hydrogen-bond donors (Lipinski definition) is 0. The Balaban J connectivity index is 0.00000182. The maximum Gasteiger partial charge on any atom is 0.233 e. The van der Waals surface area contributed by atoms with Crippen LogP contribution in [0.25, 0.3) is 0 Å². The van der Waals surface area contributed by atoms with E-state index < -0.39 is 0 Å². The number of thioether (sulfide) groups is 1. The first kappa shape index (κ1) is 24.7. The maximum atomic E-state index is 12.0. The van der Waals surface area contributed by atoms with Gasteiger partial charge in [-0.3, -0.25) is 9.69 Å². The Labute approximate surface area is 184 Å². The lowest BCUT2D eigenvalue weighted by Gasteiger charge is -2.36. The Morgan fingerprint density at radius 2 is 1.74 bits per heavy atom. The second kappa shape index (κ2) is 11.0. The molecule has 0 radical (unpaired) electrons. The molecule has 2 fully saturated rings. The van der Waals surface area contributed by atoms with E-state index in [1.54, 1.807) is 11.8 Å². The van der Waals surface area contributed by atoms with Crippen LogP contribution < -0.4 is 4.90 Å². The number of benzene rings is 1. The summed E-state index contributed by atoms with van der Waals surface area (Å²) in [6, 6.07) is 8.12. The highest BCUT2D eigenvalue weighted by Gasteiger charge is 2.37. The molecule has 0 aliphatic carbocycles. The molecular formula is C19H30Cl3N3OS. The number of rotatable bonds is 6. The minimum Gasteiger partial charge on any atom is -0.369 e. The van der Waals surface area contributed by atoms with Gasteiger partial charge in [0.25, 0.3) is 0 Å². The van der Waals surface area contributed by atoms with Crippen LogP contribution in [0.3, 0.4) is 0 Å². The fourth-order valence-electron chi connectivity index (χ4n) is 3.60. The van der Waals surface area contributed by atoms with Gasteiger partial charge in [-0.2, -0.15) is 0 Å². The van der Waals surface area contributed by atoms with E-state index in [9.17, 15) is 4.79 Å². The molecular weight excluding hydrogens is 425 g/mol. The summed E-state index contributed by atoms with van der Waals surface area (Å²) >= 11 is 7.85. The number of amides is 1. The third-order valence-corrected chi connectivity index (χ3v) is 6.70. The number of piperazine rings is 1. The quantitative estimate of drug-likeness (QED) is 0.595. The lowest BCUT2D eigenvalue weighted by atomic mass is 10.2. The zero-order valence-corrected chi connectivity index (χ0v) is 19.2. The van der Waals surface area contributed by atoms with Crippen molar-refractivity contribution in [3.05, 3.63) is 29.3 Å². The summed E-state index contributed by atoms with van der Waals surface area (Å²) < 4.78 is 0. The molecule has 1 amide bonds. The van der Waals surface area contributed by atoms with Gasteiger partial charge in [0.05, 0.1) is 10.6 Å². The first-order valence-electron chi connectivity index (χ1n) is 9.13. The summed E-state index contributed by atoms with van der Waals surface area (Å²) in [5.41, 5.74) is 1.22. The molecule has 27 heavy (non-hydrogen) atoms. The minimum atomic E-state index is -0.0281. The third-order valence-electron chi connectivity index (χ3n) is 5.15. The van der Waals surface area contributed by atoms with E-state index in [0.29, 0.717) is 11.7 Å². The maximum absolute atomic E-state index is 12.0. The van der Waals surface area contributed by atoms with Crippen molar-refractivity contribution in [3.63, 3.8) is 0 Å². The lowest BCUT2D eigenvalue weighted by Crippen LogP contribution is -2.46. The number of halogens is 3. The monoisotopic (exact) mass is 453 g/mol. The molecule has 0 bridgehead atoms. The van der Waals surface area contributed by atoms with Gasteiger partial charge in [0.2, 0.25) is 5.91 Å². The number of unbranched alkanes of at least 4 members (excludes halogenated alkanes) is 1. The molecule has 2 heterocycles. The average Bonchev–Trinajstić information content (AvgIpc) is 2.85. The van der Waals surface area contributed by atoms with Crippen LogP contribution in [0.4, 0.5) is 5.69 Å². The van der Waals surface area contributed by atoms with Crippen molar-refractivity contribution in [2.24, 2.45) is 0 Å². The van der Waals surface area contributed by atoms with Crippen molar-refractivity contribution < 1.29 is 4.79 Å². The number of anilines is 1. The molecule has 4 nitrogen and oxygen atoms in total. The molecule has 0 saturated carbocycles. The molecule has 0 spiro atoms. The third kappa shape index (κ3) is 6.60. The number of carbonyl (C=O) groups is 1. The topological polar surface area (TPSA) is 26.8 Å². The number of nitrogens with zero attached hydrogens (tertiary/aromatic N) is 3. The summed E-state index contributed by atoms with van der Waals surface area (Å²) in [6.45, 7) is 10.6. The molecule has 2 aliphatic heterocycles. The van der Waals surface area contributed by atoms with E-state index in [-0.39, 0.29) is 29.7 Å². The smallest absolute Gasteiger partial charge is 0.233 e. The fraction of sp³-hybridized carbons (Fsp3) is 0.632. The predicted octanol–water partition coefficient (Wildman–Crippen LogP) is 4.40. The standard InChI is InChI=1S/C19H28ClN3OS.2ClH/c1-19(2)23(18(24)15-25-19)9-4-3-8-21-10-12-22(13-11-21)17-7-5-6-16(20)14-17;;/h5-7,14H,3-4,8-13,15H2,1-2H3;2*1H. The molecule has 1 aromatic carbocycles. The Hall–Kier alpha value is -0.330. The second-order valence-corrected chi connectivity index (χ2v) is 9.31. The van der Waals surface area contributed by atoms with E-state index in [2.05, 4.69) is 34.6 Å². The van der Waals surface area contributed by atoms with Gasteiger partial charge in [0.15, 0.2) is 0 Å². The highest BCUT2D eigenvalue weighted by Crippen LogP contribution is 2.35. The molecule has 2 aliphatic rings. The fourth-order valence-corrected chi connectivity index (χ4v) is 4.76. The Bertz CT molecular complexity index is 610. The van der Waals surface area contributed by atoms with Crippen molar-refractivity contribution in [2.75, 3.05) is 49.9 Å². The van der Waals surface area contributed by atoms with Crippen molar-refractivity contribution in [1.82, 2.24) is 9.80 Å². The molecule has 0 aromatic heterocycles. The van der Waals surface area contributed by atoms with Crippen LogP contribution in [0.2, 0.25) is 5.02 Å². The molecule has 0 unspecified atom stereocenters. The normalized spacial score (nSPS) is 19.6. The van der Waals surface area contributed by atoms with Crippen LogP contribution in [0.5, 0.6) is 0 Å². The summed E-state index contributed by atoms with van der Waals surface area (Å²) in [6.07, 6.45) is 2.24. The van der Waals surface area contributed by atoms with Crippen LogP contribution in [0.15, 0.2) is 24.3 Å². The molecule has 154 valence electrons. The van der Waals surface area contributed by atoms with Gasteiger partial charge in [-0.05, 0) is 51.4 Å². The average molecular weight is 455 g/mol.